The Morgan fingerprint density at radius 2 is 1.55 bits per heavy atom. The number of benzene rings is 4. The Bertz CT molecular complexity index is 1340. The summed E-state index contributed by atoms with van der Waals surface area (Å²) < 4.78 is 0. The largest absolute Gasteiger partial charge is 0.354 e. The van der Waals surface area contributed by atoms with Crippen LogP contribution in [0.1, 0.15) is 48.4 Å². The van der Waals surface area contributed by atoms with Gasteiger partial charge in [-0.15, -0.1) is 0 Å². The number of unbranched alkanes of at least 4 members (excludes halogenated alkanes) is 1. The number of aryl methyl sites for hydroxylation is 2. The van der Waals surface area contributed by atoms with E-state index in [2.05, 4.69) is 55.6 Å². The maximum atomic E-state index is 14.0. The van der Waals surface area contributed by atoms with Gasteiger partial charge in [0.15, 0.2) is 0 Å². The fourth-order valence-corrected chi connectivity index (χ4v) is 4.96. The normalized spacial score (nSPS) is 11.7. The molecule has 0 saturated heterocycles. The minimum Gasteiger partial charge on any atom is -0.354 e. The zero-order valence-electron chi connectivity index (χ0n) is 22.5. The van der Waals surface area contributed by atoms with E-state index < -0.39 is 6.04 Å². The third-order valence-corrected chi connectivity index (χ3v) is 7.02. The van der Waals surface area contributed by atoms with E-state index in [1.807, 2.05) is 60.7 Å². The van der Waals surface area contributed by atoms with Gasteiger partial charge in [0, 0.05) is 25.9 Å². The van der Waals surface area contributed by atoms with E-state index in [9.17, 15) is 9.59 Å². The van der Waals surface area contributed by atoms with Crippen LogP contribution in [0.5, 0.6) is 0 Å². The zero-order chi connectivity index (χ0) is 26.7. The monoisotopic (exact) mass is 506 g/mol. The van der Waals surface area contributed by atoms with Crippen molar-refractivity contribution in [1.82, 2.24) is 10.2 Å². The molecule has 0 aromatic heterocycles. The van der Waals surface area contributed by atoms with Crippen molar-refractivity contribution in [3.63, 3.8) is 0 Å². The third kappa shape index (κ3) is 7.32. The van der Waals surface area contributed by atoms with Gasteiger partial charge < -0.3 is 10.2 Å². The number of amides is 2. The summed E-state index contributed by atoms with van der Waals surface area (Å²) in [5.74, 6) is -0.0977. The molecule has 196 valence electrons. The average molecular weight is 507 g/mol. The summed E-state index contributed by atoms with van der Waals surface area (Å²) in [6, 6.07) is 32.1. The smallest absolute Gasteiger partial charge is 0.243 e. The maximum absolute atomic E-state index is 14.0. The molecule has 1 N–H and O–H groups in total. The fourth-order valence-electron chi connectivity index (χ4n) is 4.96. The molecule has 4 heteroatoms. The Balaban J connectivity index is 1.63. The quantitative estimate of drug-likeness (QED) is 0.219. The molecule has 4 aromatic rings. The van der Waals surface area contributed by atoms with E-state index in [0.717, 1.165) is 35.1 Å². The molecule has 4 nitrogen and oxygen atoms in total. The van der Waals surface area contributed by atoms with Crippen LogP contribution < -0.4 is 5.32 Å². The first-order chi connectivity index (χ1) is 18.5. The molecule has 0 saturated carbocycles. The zero-order valence-corrected chi connectivity index (χ0v) is 22.5. The van der Waals surface area contributed by atoms with Crippen LogP contribution in [0.3, 0.4) is 0 Å². The number of hydrogen-bond donors (Lipinski definition) is 1. The highest BCUT2D eigenvalue weighted by molar-refractivity contribution is 5.89. The van der Waals surface area contributed by atoms with Crippen molar-refractivity contribution in [2.45, 2.75) is 58.5 Å². The fraction of sp³-hybridized carbons (Fsp3) is 0.294. The van der Waals surface area contributed by atoms with Crippen LogP contribution in [0.25, 0.3) is 10.8 Å². The Morgan fingerprint density at radius 1 is 0.842 bits per heavy atom. The molecule has 0 fully saturated rings. The summed E-state index contributed by atoms with van der Waals surface area (Å²) in [6.07, 6.45) is 3.36. The molecule has 0 bridgehead atoms. The summed E-state index contributed by atoms with van der Waals surface area (Å²) >= 11 is 0. The van der Waals surface area contributed by atoms with E-state index in [-0.39, 0.29) is 11.8 Å². The Labute approximate surface area is 226 Å². The molecule has 0 aliphatic carbocycles. The lowest BCUT2D eigenvalue weighted by Crippen LogP contribution is -2.50. The highest BCUT2D eigenvalue weighted by Crippen LogP contribution is 2.22. The van der Waals surface area contributed by atoms with Crippen molar-refractivity contribution in [3.05, 3.63) is 119 Å². The van der Waals surface area contributed by atoms with Gasteiger partial charge in [-0.05, 0) is 47.2 Å². The second kappa shape index (κ2) is 13.6. The predicted octanol–water partition coefficient (Wildman–Crippen LogP) is 6.64. The van der Waals surface area contributed by atoms with Gasteiger partial charge in [-0.2, -0.15) is 0 Å². The highest BCUT2D eigenvalue weighted by Gasteiger charge is 2.30. The lowest BCUT2D eigenvalue weighted by Gasteiger charge is -2.32. The first-order valence-electron chi connectivity index (χ1n) is 13.7. The van der Waals surface area contributed by atoms with Gasteiger partial charge in [-0.3, -0.25) is 9.59 Å². The van der Waals surface area contributed by atoms with Crippen LogP contribution in [0.4, 0.5) is 0 Å². The lowest BCUT2D eigenvalue weighted by atomic mass is 9.99. The molecule has 2 amide bonds. The molecule has 0 aliphatic heterocycles. The van der Waals surface area contributed by atoms with Gasteiger partial charge in [0.05, 0.1) is 0 Å². The average Bonchev–Trinajstić information content (AvgIpc) is 2.94. The molecule has 4 aromatic carbocycles. The first kappa shape index (κ1) is 27.1. The molecule has 4 rings (SSSR count). The predicted molar refractivity (Wildman–Crippen MR) is 156 cm³/mol. The Kier molecular flexibility index (Phi) is 9.69. The minimum absolute atomic E-state index is 0.00832. The summed E-state index contributed by atoms with van der Waals surface area (Å²) in [5.41, 5.74) is 4.36. The summed E-state index contributed by atoms with van der Waals surface area (Å²) in [5, 5.41) is 5.45. The molecule has 0 spiro atoms. The van der Waals surface area contributed by atoms with Gasteiger partial charge in [0.25, 0.3) is 0 Å². The van der Waals surface area contributed by atoms with Crippen molar-refractivity contribution in [3.8, 4) is 0 Å². The second-order valence-electron chi connectivity index (χ2n) is 10.00. The number of nitrogens with one attached hydrogen (secondary N) is 1. The summed E-state index contributed by atoms with van der Waals surface area (Å²) in [6.45, 7) is 5.17. The van der Waals surface area contributed by atoms with Crippen LogP contribution in [-0.4, -0.2) is 29.3 Å². The number of nitrogens with zero attached hydrogens (tertiary/aromatic N) is 1. The van der Waals surface area contributed by atoms with E-state index in [4.69, 9.17) is 0 Å². The van der Waals surface area contributed by atoms with Gasteiger partial charge in [-0.25, -0.2) is 0 Å². The Morgan fingerprint density at radius 3 is 2.34 bits per heavy atom. The number of rotatable bonds is 12. The number of carbonyl (C=O) groups excluding carboxylic acids is 2. The molecule has 0 heterocycles. The van der Waals surface area contributed by atoms with Gasteiger partial charge >= 0.3 is 0 Å². The number of fused-ring (bicyclic) bond motifs is 1. The van der Waals surface area contributed by atoms with Gasteiger partial charge in [0.2, 0.25) is 11.8 Å². The topological polar surface area (TPSA) is 49.4 Å². The SMILES string of the molecule is CCCCNC(=O)[C@H](Cc1ccccc1)N(Cc1cccc(C)c1)C(=O)CCc1cccc2ccccc12. The van der Waals surface area contributed by atoms with Crippen molar-refractivity contribution in [2.75, 3.05) is 6.54 Å². The first-order valence-corrected chi connectivity index (χ1v) is 13.7. The molecule has 38 heavy (non-hydrogen) atoms. The van der Waals surface area contributed by atoms with Crippen LogP contribution in [-0.2, 0) is 29.0 Å². The van der Waals surface area contributed by atoms with Gasteiger partial charge in [-0.1, -0.05) is 116 Å². The molecule has 0 unspecified atom stereocenters. The molecule has 0 aliphatic rings. The Hall–Kier alpha value is -3.92. The molecule has 1 atom stereocenters. The van der Waals surface area contributed by atoms with Crippen molar-refractivity contribution in [1.29, 1.82) is 0 Å². The van der Waals surface area contributed by atoms with Crippen molar-refractivity contribution in [2.24, 2.45) is 0 Å². The van der Waals surface area contributed by atoms with Crippen LogP contribution >= 0.6 is 0 Å². The summed E-state index contributed by atoms with van der Waals surface area (Å²) in [7, 11) is 0. The highest BCUT2D eigenvalue weighted by atomic mass is 16.2. The van der Waals surface area contributed by atoms with E-state index >= 15 is 0 Å². The van der Waals surface area contributed by atoms with Crippen LogP contribution in [0.15, 0.2) is 97.1 Å². The molecule has 0 radical (unpaired) electrons. The van der Waals surface area contributed by atoms with E-state index in [1.165, 1.54) is 10.8 Å². The number of carbonyl (C=O) groups is 2. The molecular weight excluding hydrogens is 468 g/mol. The lowest BCUT2D eigenvalue weighted by molar-refractivity contribution is -0.141. The second-order valence-corrected chi connectivity index (χ2v) is 10.00. The summed E-state index contributed by atoms with van der Waals surface area (Å²) in [4.78, 5) is 29.3. The van der Waals surface area contributed by atoms with Gasteiger partial charge in [0.1, 0.15) is 6.04 Å². The van der Waals surface area contributed by atoms with Crippen molar-refractivity contribution >= 4 is 22.6 Å². The van der Waals surface area contributed by atoms with E-state index in [0.29, 0.717) is 32.4 Å². The number of hydrogen-bond acceptors (Lipinski definition) is 2. The van der Waals surface area contributed by atoms with Crippen LogP contribution in [0.2, 0.25) is 0 Å². The minimum atomic E-state index is -0.588. The third-order valence-electron chi connectivity index (χ3n) is 7.02. The van der Waals surface area contributed by atoms with E-state index in [1.54, 1.807) is 4.90 Å². The van der Waals surface area contributed by atoms with Crippen LogP contribution in [0, 0.1) is 6.92 Å². The maximum Gasteiger partial charge on any atom is 0.243 e. The molecular formula is C34H38N2O2. The standard InChI is InChI=1S/C34H38N2O2/c1-3-4-22-35-34(38)32(24-27-13-6-5-7-14-27)36(25-28-15-10-12-26(2)23-28)33(37)21-20-30-18-11-17-29-16-8-9-19-31(29)30/h5-19,23,32H,3-4,20-22,24-25H2,1-2H3,(H,35,38)/t32-/m0/s1. The van der Waals surface area contributed by atoms with Crippen molar-refractivity contribution < 1.29 is 9.59 Å².